The fourth-order valence-corrected chi connectivity index (χ4v) is 13.8. The Kier molecular flexibility index (Phi) is 8.27. The molecule has 0 aliphatic carbocycles. The monoisotopic (exact) mass is 911 g/mol. The second-order valence-corrected chi connectivity index (χ2v) is 19.8. The molecule has 4 aliphatic heterocycles. The van der Waals surface area contributed by atoms with E-state index in [4.69, 9.17) is 0 Å². The Morgan fingerprint density at radius 3 is 1.49 bits per heavy atom. The zero-order valence-electron chi connectivity index (χ0n) is 39.3. The summed E-state index contributed by atoms with van der Waals surface area (Å²) < 4.78 is 2.41. The molecule has 0 amide bonds. The van der Waals surface area contributed by atoms with Crippen molar-refractivity contribution < 1.29 is 0 Å². The van der Waals surface area contributed by atoms with Crippen LogP contribution in [0.2, 0.25) is 0 Å². The molecule has 16 rings (SSSR count). The molecule has 0 bridgehead atoms. The summed E-state index contributed by atoms with van der Waals surface area (Å²) in [5.74, 6) is 0. The molecule has 11 aromatic carbocycles. The zero-order valence-corrected chi connectivity index (χ0v) is 39.3. The van der Waals surface area contributed by atoms with E-state index in [1.165, 1.54) is 116 Å². The predicted octanol–water partition coefficient (Wildman–Crippen LogP) is 12.1. The molecule has 0 spiro atoms. The fraction of sp³-hybridized carbons (Fsp3) is 0.0149. The van der Waals surface area contributed by atoms with Crippen LogP contribution >= 0.6 is 0 Å². The summed E-state index contributed by atoms with van der Waals surface area (Å²) in [6.07, 6.45) is 0. The van der Waals surface area contributed by atoms with E-state index >= 15 is 0 Å². The van der Waals surface area contributed by atoms with Crippen LogP contribution in [0.5, 0.6) is 0 Å². The number of fused-ring (bicyclic) bond motifs is 13. The molecule has 0 saturated heterocycles. The van der Waals surface area contributed by atoms with E-state index < -0.39 is 5.41 Å². The van der Waals surface area contributed by atoms with Crippen LogP contribution in [0.25, 0.3) is 38.6 Å². The summed E-state index contributed by atoms with van der Waals surface area (Å²) >= 11 is 0. The van der Waals surface area contributed by atoms with E-state index in [1.54, 1.807) is 0 Å². The maximum atomic E-state index is 2.65. The second kappa shape index (κ2) is 15.0. The van der Waals surface area contributed by atoms with Crippen molar-refractivity contribution in [3.63, 3.8) is 0 Å². The van der Waals surface area contributed by atoms with E-state index in [0.717, 1.165) is 11.4 Å². The predicted molar refractivity (Wildman–Crippen MR) is 303 cm³/mol. The minimum absolute atomic E-state index is 0.00115. The molecule has 5 heterocycles. The van der Waals surface area contributed by atoms with Crippen LogP contribution in [-0.4, -0.2) is 18.0 Å². The molecule has 12 aromatic rings. The Morgan fingerprint density at radius 1 is 0.319 bits per heavy atom. The van der Waals surface area contributed by atoms with E-state index in [-0.39, 0.29) is 13.4 Å². The minimum atomic E-state index is -0.652. The first-order valence-corrected chi connectivity index (χ1v) is 25.3. The molecule has 3 nitrogen and oxygen atoms in total. The van der Waals surface area contributed by atoms with Gasteiger partial charge in [0.2, 0.25) is 6.71 Å². The third kappa shape index (κ3) is 5.16. The number of hydrogen-bond donors (Lipinski definition) is 0. The summed E-state index contributed by atoms with van der Waals surface area (Å²) in [6, 6.07) is 98.2. The number of rotatable bonds is 5. The van der Waals surface area contributed by atoms with Crippen LogP contribution in [0.15, 0.2) is 261 Å². The lowest BCUT2D eigenvalue weighted by atomic mass is 9.26. The van der Waals surface area contributed by atoms with E-state index in [2.05, 4.69) is 275 Å². The lowest BCUT2D eigenvalue weighted by molar-refractivity contribution is 0.751. The average Bonchev–Trinajstić information content (AvgIpc) is 3.79. The maximum absolute atomic E-state index is 2.65. The van der Waals surface area contributed by atoms with Crippen LogP contribution in [0.3, 0.4) is 0 Å². The van der Waals surface area contributed by atoms with Crippen molar-refractivity contribution in [2.75, 3.05) is 9.80 Å². The Labute approximate surface area is 419 Å². The minimum Gasteiger partial charge on any atom is -0.312 e. The Morgan fingerprint density at radius 2 is 0.819 bits per heavy atom. The zero-order chi connectivity index (χ0) is 47.1. The van der Waals surface area contributed by atoms with Gasteiger partial charge in [-0.15, -0.1) is 0 Å². The lowest BCUT2D eigenvalue weighted by Crippen LogP contribution is -2.70. The van der Waals surface area contributed by atoms with Crippen LogP contribution in [0, 0.1) is 0 Å². The SMILES string of the molecule is c1ccc(-n2c3ccccc3c3cc(-c4ccccc4N4c5ccccc5B5c6ccccc6N6c7ccccc7B7c8ccccc8C(c8ccccc8)(c8ccccc8)c8cc4c5c6c87)ccc32)cc1. The van der Waals surface area contributed by atoms with Crippen LogP contribution < -0.4 is 42.6 Å². The van der Waals surface area contributed by atoms with Gasteiger partial charge >= 0.3 is 0 Å². The van der Waals surface area contributed by atoms with Crippen LogP contribution in [0.4, 0.5) is 34.1 Å². The highest BCUT2D eigenvalue weighted by atomic mass is 15.2. The molecule has 0 radical (unpaired) electrons. The van der Waals surface area contributed by atoms with Crippen molar-refractivity contribution in [2.24, 2.45) is 0 Å². The Hall–Kier alpha value is -9.05. The van der Waals surface area contributed by atoms with Gasteiger partial charge in [0.15, 0.2) is 0 Å². The van der Waals surface area contributed by atoms with Gasteiger partial charge in [-0.3, -0.25) is 0 Å². The van der Waals surface area contributed by atoms with Crippen molar-refractivity contribution in [1.82, 2.24) is 4.57 Å². The summed E-state index contributed by atoms with van der Waals surface area (Å²) in [4.78, 5) is 5.28. The summed E-state index contributed by atoms with van der Waals surface area (Å²) in [5.41, 5.74) is 25.9. The van der Waals surface area contributed by atoms with E-state index in [9.17, 15) is 0 Å². The second-order valence-electron chi connectivity index (χ2n) is 19.8. The highest BCUT2D eigenvalue weighted by molar-refractivity contribution is 7.04. The average molecular weight is 912 g/mol. The van der Waals surface area contributed by atoms with Gasteiger partial charge in [0.1, 0.15) is 0 Å². The molecule has 332 valence electrons. The van der Waals surface area contributed by atoms with Crippen molar-refractivity contribution >= 4 is 102 Å². The molecule has 1 aromatic heterocycles. The first kappa shape index (κ1) is 39.8. The number of para-hydroxylation sites is 6. The number of hydrogen-bond acceptors (Lipinski definition) is 2. The van der Waals surface area contributed by atoms with E-state index in [1.807, 2.05) is 0 Å². The van der Waals surface area contributed by atoms with Gasteiger partial charge in [-0.1, -0.05) is 206 Å². The Balaban J connectivity index is 1.04. The summed E-state index contributed by atoms with van der Waals surface area (Å²) in [5, 5.41) is 2.48. The van der Waals surface area contributed by atoms with Gasteiger partial charge in [-0.2, -0.15) is 0 Å². The van der Waals surface area contributed by atoms with Crippen molar-refractivity contribution in [3.05, 3.63) is 283 Å². The van der Waals surface area contributed by atoms with Crippen LogP contribution in [-0.2, 0) is 5.41 Å². The van der Waals surface area contributed by atoms with Crippen LogP contribution in [0.1, 0.15) is 22.3 Å². The van der Waals surface area contributed by atoms with Gasteiger partial charge in [0.05, 0.1) is 22.1 Å². The van der Waals surface area contributed by atoms with E-state index in [0.29, 0.717) is 0 Å². The lowest BCUT2D eigenvalue weighted by Gasteiger charge is -2.53. The quantitative estimate of drug-likeness (QED) is 0.159. The molecule has 0 atom stereocenters. The molecule has 0 fully saturated rings. The normalized spacial score (nSPS) is 14.1. The number of nitrogens with zero attached hydrogens (tertiary/aromatic N) is 3. The Bertz CT molecular complexity index is 4150. The summed E-state index contributed by atoms with van der Waals surface area (Å²) in [7, 11) is 0. The number of aromatic nitrogens is 1. The first-order valence-electron chi connectivity index (χ1n) is 25.3. The molecule has 0 N–H and O–H groups in total. The molecule has 0 saturated carbocycles. The van der Waals surface area contributed by atoms with Gasteiger partial charge in [0.25, 0.3) is 6.71 Å². The largest absolute Gasteiger partial charge is 0.312 e. The molecule has 72 heavy (non-hydrogen) atoms. The van der Waals surface area contributed by atoms with Crippen molar-refractivity contribution in [1.29, 1.82) is 0 Å². The van der Waals surface area contributed by atoms with Crippen molar-refractivity contribution in [3.8, 4) is 16.8 Å². The highest BCUT2D eigenvalue weighted by Gasteiger charge is 2.55. The highest BCUT2D eigenvalue weighted by Crippen LogP contribution is 2.53. The molecule has 0 unspecified atom stereocenters. The van der Waals surface area contributed by atoms with Gasteiger partial charge in [-0.05, 0) is 116 Å². The maximum Gasteiger partial charge on any atom is 0.252 e. The topological polar surface area (TPSA) is 11.4 Å². The van der Waals surface area contributed by atoms with Gasteiger partial charge in [0, 0.05) is 50.5 Å². The third-order valence-electron chi connectivity index (χ3n) is 16.5. The standard InChI is InChI=1S/C67H43B2N3/c1-4-22-45(23-5-1)67(46-24-6-2-7-25-46)51-30-12-13-31-53(51)68-55-33-15-20-38-61(55)72-62-39-21-16-34-56(62)69-54-32-14-19-37-60(54)71(63-43-52(67)64(68)66(72)65(63)69)57-35-17-10-28-48(57)44-40-41-59-50(42-44)49-29-11-18-36-58(49)70(59)47-26-8-3-9-27-47/h1-43H. The molecule has 5 heteroatoms. The fourth-order valence-electron chi connectivity index (χ4n) is 13.8. The van der Waals surface area contributed by atoms with Gasteiger partial charge in [-0.25, -0.2) is 0 Å². The smallest absolute Gasteiger partial charge is 0.252 e. The molecule has 4 aliphatic rings. The summed E-state index contributed by atoms with van der Waals surface area (Å²) in [6.45, 7) is 0.0109. The third-order valence-corrected chi connectivity index (χ3v) is 16.5. The first-order chi connectivity index (χ1) is 35.8. The number of benzene rings is 11. The molecular formula is C67H43B2N3. The van der Waals surface area contributed by atoms with Crippen molar-refractivity contribution in [2.45, 2.75) is 5.41 Å². The number of anilines is 6. The van der Waals surface area contributed by atoms with Gasteiger partial charge < -0.3 is 14.4 Å². The molecular weight excluding hydrogens is 868 g/mol.